The Morgan fingerprint density at radius 1 is 1.00 bits per heavy atom. The van der Waals surface area contributed by atoms with Crippen molar-refractivity contribution in [2.75, 3.05) is 6.61 Å². The van der Waals surface area contributed by atoms with E-state index >= 15 is 0 Å². The SMILES string of the molecule is CC(=O)n1c(O)c(N=NC(=O)COc2ccc3ccccc3c2)c2ccccc21. The predicted molar refractivity (Wildman–Crippen MR) is 109 cm³/mol. The number of nitrogens with zero attached hydrogens (tertiary/aromatic N) is 3. The molecule has 144 valence electrons. The molecule has 1 amide bonds. The number of aromatic nitrogens is 1. The van der Waals surface area contributed by atoms with Gasteiger partial charge in [0.25, 0.3) is 0 Å². The van der Waals surface area contributed by atoms with E-state index in [0.29, 0.717) is 16.7 Å². The molecule has 0 saturated heterocycles. The second-order valence-corrected chi connectivity index (χ2v) is 6.44. The number of fused-ring (bicyclic) bond motifs is 2. The van der Waals surface area contributed by atoms with E-state index in [9.17, 15) is 14.7 Å². The largest absolute Gasteiger partial charge is 0.493 e. The maximum atomic E-state index is 12.1. The maximum Gasteiger partial charge on any atom is 0.302 e. The first-order chi connectivity index (χ1) is 14.0. The summed E-state index contributed by atoms with van der Waals surface area (Å²) >= 11 is 0. The summed E-state index contributed by atoms with van der Waals surface area (Å²) in [6.45, 7) is 1.03. The van der Waals surface area contributed by atoms with E-state index in [1.807, 2.05) is 36.4 Å². The fraction of sp³-hybridized carbons (Fsp3) is 0.0909. The van der Waals surface area contributed by atoms with Gasteiger partial charge < -0.3 is 9.84 Å². The fourth-order valence-corrected chi connectivity index (χ4v) is 3.16. The number of carbonyl (C=O) groups excluding carboxylic acids is 2. The van der Waals surface area contributed by atoms with Crippen LogP contribution < -0.4 is 4.74 Å². The molecule has 0 aliphatic heterocycles. The van der Waals surface area contributed by atoms with Crippen LogP contribution in [0.4, 0.5) is 5.69 Å². The van der Waals surface area contributed by atoms with Crippen molar-refractivity contribution in [3.05, 3.63) is 66.7 Å². The zero-order valence-electron chi connectivity index (χ0n) is 15.6. The van der Waals surface area contributed by atoms with Gasteiger partial charge in [-0.05, 0) is 29.0 Å². The second-order valence-electron chi connectivity index (χ2n) is 6.44. The third kappa shape index (κ3) is 3.58. The molecule has 0 aliphatic rings. The van der Waals surface area contributed by atoms with Crippen LogP contribution in [0.15, 0.2) is 77.0 Å². The van der Waals surface area contributed by atoms with Crippen LogP contribution in [0, 0.1) is 0 Å². The van der Waals surface area contributed by atoms with E-state index in [0.717, 1.165) is 15.3 Å². The smallest absolute Gasteiger partial charge is 0.302 e. The Bertz CT molecular complexity index is 1270. The van der Waals surface area contributed by atoms with Gasteiger partial charge in [-0.3, -0.25) is 9.59 Å². The van der Waals surface area contributed by atoms with Crippen molar-refractivity contribution < 1.29 is 19.4 Å². The molecular weight excluding hydrogens is 370 g/mol. The lowest BCUT2D eigenvalue weighted by Gasteiger charge is -2.04. The van der Waals surface area contributed by atoms with Gasteiger partial charge in [0.1, 0.15) is 5.75 Å². The van der Waals surface area contributed by atoms with Gasteiger partial charge in [0, 0.05) is 12.3 Å². The number of carbonyl (C=O) groups is 2. The zero-order chi connectivity index (χ0) is 20.4. The molecule has 4 rings (SSSR count). The summed E-state index contributed by atoms with van der Waals surface area (Å²) < 4.78 is 6.63. The van der Waals surface area contributed by atoms with Gasteiger partial charge in [0.15, 0.2) is 12.3 Å². The molecule has 0 unspecified atom stereocenters. The van der Waals surface area contributed by atoms with Crippen molar-refractivity contribution in [3.63, 3.8) is 0 Å². The minimum Gasteiger partial charge on any atom is -0.493 e. The van der Waals surface area contributed by atoms with Gasteiger partial charge in [0.2, 0.25) is 11.8 Å². The molecule has 0 radical (unpaired) electrons. The standard InChI is InChI=1S/C22H17N3O4/c1-14(26)25-19-9-5-4-8-18(19)21(22(25)28)24-23-20(27)13-29-17-11-10-15-6-2-3-7-16(15)12-17/h2-12,28H,13H2,1H3. The van der Waals surface area contributed by atoms with Crippen LogP contribution >= 0.6 is 0 Å². The number of hydrogen-bond acceptors (Lipinski definition) is 5. The third-order valence-electron chi connectivity index (χ3n) is 4.48. The number of hydrogen-bond donors (Lipinski definition) is 1. The summed E-state index contributed by atoms with van der Waals surface area (Å²) in [5, 5.41) is 20.4. The highest BCUT2D eigenvalue weighted by molar-refractivity contribution is 6.02. The lowest BCUT2D eigenvalue weighted by molar-refractivity contribution is -0.120. The van der Waals surface area contributed by atoms with Crippen molar-refractivity contribution >= 4 is 39.2 Å². The number of amides is 1. The lowest BCUT2D eigenvalue weighted by Crippen LogP contribution is -2.07. The Kier molecular flexibility index (Phi) is 4.78. The summed E-state index contributed by atoms with van der Waals surface area (Å²) in [6, 6.07) is 20.2. The molecule has 1 aromatic heterocycles. The average Bonchev–Trinajstić information content (AvgIpc) is 3.02. The van der Waals surface area contributed by atoms with Gasteiger partial charge >= 0.3 is 5.91 Å². The first-order valence-corrected chi connectivity index (χ1v) is 8.94. The zero-order valence-corrected chi connectivity index (χ0v) is 15.6. The monoisotopic (exact) mass is 387 g/mol. The van der Waals surface area contributed by atoms with E-state index in [-0.39, 0.29) is 24.1 Å². The summed E-state index contributed by atoms with van der Waals surface area (Å²) in [7, 11) is 0. The first kappa shape index (κ1) is 18.4. The highest BCUT2D eigenvalue weighted by atomic mass is 16.5. The predicted octanol–water partition coefficient (Wildman–Crippen LogP) is 4.85. The Hall–Kier alpha value is -4.00. The molecule has 29 heavy (non-hydrogen) atoms. The van der Waals surface area contributed by atoms with Crippen LogP contribution in [0.5, 0.6) is 11.6 Å². The lowest BCUT2D eigenvalue weighted by atomic mass is 10.1. The molecular formula is C22H17N3O4. The molecule has 0 atom stereocenters. The first-order valence-electron chi connectivity index (χ1n) is 8.94. The molecule has 1 N–H and O–H groups in total. The van der Waals surface area contributed by atoms with Gasteiger partial charge in [-0.25, -0.2) is 4.57 Å². The fourth-order valence-electron chi connectivity index (χ4n) is 3.16. The van der Waals surface area contributed by atoms with Crippen LogP contribution in [0.3, 0.4) is 0 Å². The second kappa shape index (κ2) is 7.55. The highest BCUT2D eigenvalue weighted by Gasteiger charge is 2.19. The number of azo groups is 1. The third-order valence-corrected chi connectivity index (χ3v) is 4.48. The number of benzene rings is 3. The van der Waals surface area contributed by atoms with Gasteiger partial charge in [-0.15, -0.1) is 10.2 Å². The van der Waals surface area contributed by atoms with Crippen LogP contribution in [-0.4, -0.2) is 28.1 Å². The average molecular weight is 387 g/mol. The number of ether oxygens (including phenoxy) is 1. The molecule has 0 spiro atoms. The van der Waals surface area contributed by atoms with Gasteiger partial charge in [-0.2, -0.15) is 0 Å². The van der Waals surface area contributed by atoms with Crippen molar-refractivity contribution in [2.24, 2.45) is 10.2 Å². The van der Waals surface area contributed by atoms with E-state index in [1.165, 1.54) is 6.92 Å². The van der Waals surface area contributed by atoms with E-state index < -0.39 is 5.91 Å². The van der Waals surface area contributed by atoms with E-state index in [1.54, 1.807) is 30.3 Å². The Balaban J connectivity index is 1.52. The normalized spacial score (nSPS) is 11.3. The van der Waals surface area contributed by atoms with E-state index in [2.05, 4.69) is 10.2 Å². The van der Waals surface area contributed by atoms with Gasteiger partial charge in [-0.1, -0.05) is 48.5 Å². The van der Waals surface area contributed by atoms with Crippen LogP contribution in [0.25, 0.3) is 21.7 Å². The molecule has 0 fully saturated rings. The Morgan fingerprint density at radius 2 is 1.72 bits per heavy atom. The summed E-state index contributed by atoms with van der Waals surface area (Å²) in [5.41, 5.74) is 0.557. The molecule has 3 aromatic carbocycles. The molecule has 0 aliphatic carbocycles. The van der Waals surface area contributed by atoms with E-state index in [4.69, 9.17) is 4.74 Å². The molecule has 1 heterocycles. The van der Waals surface area contributed by atoms with Crippen LogP contribution in [0.1, 0.15) is 11.7 Å². The minimum atomic E-state index is -0.614. The maximum absolute atomic E-state index is 12.1. The number of aromatic hydroxyl groups is 1. The molecule has 0 saturated carbocycles. The molecule has 4 aromatic rings. The van der Waals surface area contributed by atoms with Crippen molar-refractivity contribution in [3.8, 4) is 11.6 Å². The number of rotatable bonds is 4. The molecule has 7 nitrogen and oxygen atoms in total. The van der Waals surface area contributed by atoms with Crippen molar-refractivity contribution in [1.82, 2.24) is 4.57 Å². The Labute approximate surface area is 165 Å². The number of para-hydroxylation sites is 1. The summed E-state index contributed by atoms with van der Waals surface area (Å²) in [4.78, 5) is 23.9. The molecule has 0 bridgehead atoms. The van der Waals surface area contributed by atoms with Crippen LogP contribution in [-0.2, 0) is 4.79 Å². The van der Waals surface area contributed by atoms with Crippen molar-refractivity contribution in [1.29, 1.82) is 0 Å². The summed E-state index contributed by atoms with van der Waals surface area (Å²) in [6.07, 6.45) is 0. The van der Waals surface area contributed by atoms with Crippen LogP contribution in [0.2, 0.25) is 0 Å². The quantitative estimate of drug-likeness (QED) is 0.507. The highest BCUT2D eigenvalue weighted by Crippen LogP contribution is 2.38. The molecule has 7 heteroatoms. The summed E-state index contributed by atoms with van der Waals surface area (Å²) in [5.74, 6) is -0.794. The topological polar surface area (TPSA) is 93.3 Å². The van der Waals surface area contributed by atoms with Gasteiger partial charge in [0.05, 0.1) is 5.52 Å². The Morgan fingerprint density at radius 3 is 2.52 bits per heavy atom. The van der Waals surface area contributed by atoms with Crippen molar-refractivity contribution in [2.45, 2.75) is 6.92 Å². The minimum absolute atomic E-state index is 0.0647.